The molecule has 1 saturated heterocycles. The molecule has 4 nitrogen and oxygen atoms in total. The predicted octanol–water partition coefficient (Wildman–Crippen LogP) is 1.97. The highest BCUT2D eigenvalue weighted by Gasteiger charge is 2.10. The third-order valence-electron chi connectivity index (χ3n) is 3.17. The molecule has 0 radical (unpaired) electrons. The molecule has 0 atom stereocenters. The van der Waals surface area contributed by atoms with Crippen molar-refractivity contribution < 1.29 is 0 Å². The van der Waals surface area contributed by atoms with E-state index in [1.165, 1.54) is 38.9 Å². The minimum Gasteiger partial charge on any atom is -0.356 e. The first-order chi connectivity index (χ1) is 8.40. The van der Waals surface area contributed by atoms with Crippen molar-refractivity contribution in [3.63, 3.8) is 0 Å². The van der Waals surface area contributed by atoms with Gasteiger partial charge in [-0.05, 0) is 38.9 Å². The summed E-state index contributed by atoms with van der Waals surface area (Å²) >= 11 is 0. The van der Waals surface area contributed by atoms with Crippen LogP contribution in [0.2, 0.25) is 0 Å². The number of imidazole rings is 1. The van der Waals surface area contributed by atoms with E-state index in [1.54, 1.807) is 0 Å². The molecule has 2 heterocycles. The normalized spacial score (nSPS) is 16.2. The number of rotatable bonds is 7. The molecule has 0 aromatic carbocycles. The van der Waals surface area contributed by atoms with Crippen molar-refractivity contribution in [1.29, 1.82) is 0 Å². The fourth-order valence-corrected chi connectivity index (χ4v) is 2.27. The van der Waals surface area contributed by atoms with E-state index in [4.69, 9.17) is 0 Å². The maximum atomic E-state index is 4.29. The van der Waals surface area contributed by atoms with Crippen LogP contribution in [0.5, 0.6) is 0 Å². The van der Waals surface area contributed by atoms with Gasteiger partial charge in [-0.15, -0.1) is 6.58 Å². The fraction of sp³-hybridized carbons (Fsp3) is 0.615. The molecule has 0 saturated carbocycles. The zero-order chi connectivity index (χ0) is 11.9. The summed E-state index contributed by atoms with van der Waals surface area (Å²) in [6.07, 6.45) is 9.61. The molecule has 1 aliphatic rings. The van der Waals surface area contributed by atoms with Crippen LogP contribution in [0.4, 0.5) is 5.95 Å². The van der Waals surface area contributed by atoms with Crippen LogP contribution in [0.1, 0.15) is 19.3 Å². The van der Waals surface area contributed by atoms with Crippen molar-refractivity contribution in [1.82, 2.24) is 14.5 Å². The van der Waals surface area contributed by atoms with Crippen LogP contribution in [0.25, 0.3) is 0 Å². The molecule has 17 heavy (non-hydrogen) atoms. The SMILES string of the molecule is C=CCn1ccnc1NCCCN1CCCC1. The van der Waals surface area contributed by atoms with Gasteiger partial charge in [-0.25, -0.2) is 4.98 Å². The Kier molecular flexibility index (Phi) is 4.62. The molecular weight excluding hydrogens is 212 g/mol. The average Bonchev–Trinajstić information content (AvgIpc) is 2.96. The zero-order valence-corrected chi connectivity index (χ0v) is 10.4. The van der Waals surface area contributed by atoms with E-state index in [0.717, 1.165) is 19.0 Å². The van der Waals surface area contributed by atoms with Gasteiger partial charge in [0.2, 0.25) is 5.95 Å². The van der Waals surface area contributed by atoms with E-state index in [2.05, 4.69) is 26.3 Å². The van der Waals surface area contributed by atoms with Crippen LogP contribution in [0, 0.1) is 0 Å². The van der Waals surface area contributed by atoms with E-state index in [-0.39, 0.29) is 0 Å². The number of likely N-dealkylation sites (tertiary alicyclic amines) is 1. The summed E-state index contributed by atoms with van der Waals surface area (Å²) in [6.45, 7) is 9.32. The Labute approximate surface area is 103 Å². The lowest BCUT2D eigenvalue weighted by atomic mass is 10.4. The van der Waals surface area contributed by atoms with Gasteiger partial charge in [-0.3, -0.25) is 0 Å². The number of nitrogens with one attached hydrogen (secondary N) is 1. The number of aromatic nitrogens is 2. The smallest absolute Gasteiger partial charge is 0.203 e. The minimum atomic E-state index is 0.814. The molecule has 0 amide bonds. The van der Waals surface area contributed by atoms with E-state index in [0.29, 0.717) is 0 Å². The summed E-state index contributed by atoms with van der Waals surface area (Å²) in [5.74, 6) is 0.950. The van der Waals surface area contributed by atoms with Crippen molar-refractivity contribution >= 4 is 5.95 Å². The van der Waals surface area contributed by atoms with Gasteiger partial charge in [0, 0.05) is 25.5 Å². The van der Waals surface area contributed by atoms with Crippen molar-refractivity contribution in [3.8, 4) is 0 Å². The highest BCUT2D eigenvalue weighted by Crippen LogP contribution is 2.08. The summed E-state index contributed by atoms with van der Waals surface area (Å²) in [7, 11) is 0. The van der Waals surface area contributed by atoms with Crippen LogP contribution in [0.15, 0.2) is 25.0 Å². The summed E-state index contributed by atoms with van der Waals surface area (Å²) in [6, 6.07) is 0. The lowest BCUT2D eigenvalue weighted by Gasteiger charge is -2.14. The molecule has 0 aliphatic carbocycles. The lowest BCUT2D eigenvalue weighted by molar-refractivity contribution is 0.337. The second-order valence-electron chi connectivity index (χ2n) is 4.52. The Bertz CT molecular complexity index is 339. The van der Waals surface area contributed by atoms with Gasteiger partial charge in [0.25, 0.3) is 0 Å². The molecule has 0 bridgehead atoms. The van der Waals surface area contributed by atoms with Gasteiger partial charge in [0.05, 0.1) is 0 Å². The number of hydrogen-bond acceptors (Lipinski definition) is 3. The molecule has 2 rings (SSSR count). The van der Waals surface area contributed by atoms with Gasteiger partial charge >= 0.3 is 0 Å². The van der Waals surface area contributed by atoms with E-state index < -0.39 is 0 Å². The Morgan fingerprint density at radius 2 is 2.24 bits per heavy atom. The first kappa shape index (κ1) is 12.2. The van der Waals surface area contributed by atoms with E-state index in [1.807, 2.05) is 18.5 Å². The summed E-state index contributed by atoms with van der Waals surface area (Å²) < 4.78 is 2.07. The average molecular weight is 234 g/mol. The second-order valence-corrected chi connectivity index (χ2v) is 4.52. The van der Waals surface area contributed by atoms with E-state index in [9.17, 15) is 0 Å². The molecule has 1 fully saturated rings. The molecule has 4 heteroatoms. The van der Waals surface area contributed by atoms with Gasteiger partial charge in [-0.2, -0.15) is 0 Å². The highest BCUT2D eigenvalue weighted by atomic mass is 15.2. The van der Waals surface area contributed by atoms with Gasteiger partial charge in [0.1, 0.15) is 0 Å². The third-order valence-corrected chi connectivity index (χ3v) is 3.17. The third kappa shape index (κ3) is 3.60. The van der Waals surface area contributed by atoms with Crippen LogP contribution in [-0.2, 0) is 6.54 Å². The van der Waals surface area contributed by atoms with Gasteiger partial charge in [-0.1, -0.05) is 6.08 Å². The van der Waals surface area contributed by atoms with Crippen molar-refractivity contribution in [2.45, 2.75) is 25.8 Å². The Morgan fingerprint density at radius 1 is 1.41 bits per heavy atom. The fourth-order valence-electron chi connectivity index (χ4n) is 2.27. The van der Waals surface area contributed by atoms with Crippen molar-refractivity contribution in [3.05, 3.63) is 25.0 Å². The quantitative estimate of drug-likeness (QED) is 0.578. The second kappa shape index (κ2) is 6.45. The largest absolute Gasteiger partial charge is 0.356 e. The van der Waals surface area contributed by atoms with Crippen molar-refractivity contribution in [2.75, 3.05) is 31.5 Å². The minimum absolute atomic E-state index is 0.814. The summed E-state index contributed by atoms with van der Waals surface area (Å²) in [5, 5.41) is 3.38. The molecular formula is C13H22N4. The number of nitrogens with zero attached hydrogens (tertiary/aromatic N) is 3. The van der Waals surface area contributed by atoms with E-state index >= 15 is 0 Å². The van der Waals surface area contributed by atoms with Gasteiger partial charge in [0.15, 0.2) is 0 Å². The summed E-state index contributed by atoms with van der Waals surface area (Å²) in [5.41, 5.74) is 0. The molecule has 1 aromatic rings. The maximum Gasteiger partial charge on any atom is 0.203 e. The number of allylic oxidation sites excluding steroid dienone is 1. The monoisotopic (exact) mass is 234 g/mol. The first-order valence-corrected chi connectivity index (χ1v) is 6.48. The molecule has 0 unspecified atom stereocenters. The highest BCUT2D eigenvalue weighted by molar-refractivity contribution is 5.25. The molecule has 0 spiro atoms. The van der Waals surface area contributed by atoms with Crippen LogP contribution in [-0.4, -0.2) is 40.6 Å². The van der Waals surface area contributed by atoms with Crippen molar-refractivity contribution in [2.24, 2.45) is 0 Å². The Morgan fingerprint density at radius 3 is 3.00 bits per heavy atom. The van der Waals surface area contributed by atoms with Gasteiger partial charge < -0.3 is 14.8 Å². The number of hydrogen-bond donors (Lipinski definition) is 1. The first-order valence-electron chi connectivity index (χ1n) is 6.48. The summed E-state index contributed by atoms with van der Waals surface area (Å²) in [4.78, 5) is 6.83. The predicted molar refractivity (Wildman–Crippen MR) is 71.2 cm³/mol. The molecule has 1 aliphatic heterocycles. The molecule has 1 N–H and O–H groups in total. The molecule has 94 valence electrons. The van der Waals surface area contributed by atoms with Crippen LogP contribution < -0.4 is 5.32 Å². The Hall–Kier alpha value is -1.29. The molecule has 1 aromatic heterocycles. The zero-order valence-electron chi connectivity index (χ0n) is 10.4. The Balaban J connectivity index is 1.66. The lowest BCUT2D eigenvalue weighted by Crippen LogP contribution is -2.22. The topological polar surface area (TPSA) is 33.1 Å². The van der Waals surface area contributed by atoms with Crippen LogP contribution >= 0.6 is 0 Å². The standard InChI is InChI=1S/C13H22N4/c1-2-8-17-12-7-15-13(17)14-6-5-11-16-9-3-4-10-16/h2,7,12H,1,3-6,8-11H2,(H,14,15). The maximum absolute atomic E-state index is 4.29. The van der Waals surface area contributed by atoms with Crippen LogP contribution in [0.3, 0.4) is 0 Å². The number of anilines is 1.